The highest BCUT2D eigenvalue weighted by Crippen LogP contribution is 2.31. The molecule has 0 radical (unpaired) electrons. The van der Waals surface area contributed by atoms with Crippen LogP contribution in [-0.4, -0.2) is 27.2 Å². The fraction of sp³-hybridized carbons (Fsp3) is 0.474. The molecular formula is C19H24N4O. The average Bonchev–Trinajstić information content (AvgIpc) is 3.15. The lowest BCUT2D eigenvalue weighted by Crippen LogP contribution is -2.50. The molecular weight excluding hydrogens is 300 g/mol. The third-order valence-electron chi connectivity index (χ3n) is 5.41. The molecule has 0 N–H and O–H groups in total. The van der Waals surface area contributed by atoms with Crippen molar-refractivity contribution in [3.05, 3.63) is 51.9 Å². The minimum atomic E-state index is 0.0844. The summed E-state index contributed by atoms with van der Waals surface area (Å²) in [6.07, 6.45) is 5.04. The first kappa shape index (κ1) is 15.4. The molecule has 5 heteroatoms. The van der Waals surface area contributed by atoms with Crippen molar-refractivity contribution in [2.75, 3.05) is 11.6 Å². The van der Waals surface area contributed by atoms with E-state index in [1.54, 1.807) is 0 Å². The zero-order valence-electron chi connectivity index (χ0n) is 14.4. The molecule has 126 valence electrons. The molecule has 0 spiro atoms. The Labute approximate surface area is 142 Å². The molecule has 1 fully saturated rings. The quantitative estimate of drug-likeness (QED) is 0.851. The minimum Gasteiger partial charge on any atom is -0.298 e. The van der Waals surface area contributed by atoms with Gasteiger partial charge in [0.25, 0.3) is 5.56 Å². The van der Waals surface area contributed by atoms with Gasteiger partial charge in [0.05, 0.1) is 13.3 Å². The number of hydrogen-bond acceptors (Lipinski definition) is 4. The number of benzene rings is 1. The van der Waals surface area contributed by atoms with Crippen molar-refractivity contribution in [2.24, 2.45) is 0 Å². The molecule has 2 heterocycles. The summed E-state index contributed by atoms with van der Waals surface area (Å²) in [6.45, 7) is 5.24. The summed E-state index contributed by atoms with van der Waals surface area (Å²) in [5.74, 6) is 0.767. The topological polar surface area (TPSA) is 41.4 Å². The average molecular weight is 324 g/mol. The van der Waals surface area contributed by atoms with Gasteiger partial charge in [-0.3, -0.25) is 19.2 Å². The molecule has 4 rings (SSSR count). The van der Waals surface area contributed by atoms with Gasteiger partial charge in [-0.1, -0.05) is 31.0 Å². The Kier molecular flexibility index (Phi) is 3.88. The second-order valence-electron chi connectivity index (χ2n) is 6.93. The van der Waals surface area contributed by atoms with Crippen LogP contribution in [0, 0.1) is 13.8 Å². The van der Waals surface area contributed by atoms with E-state index >= 15 is 0 Å². The molecule has 1 saturated carbocycles. The van der Waals surface area contributed by atoms with E-state index in [4.69, 9.17) is 4.98 Å². The smallest absolute Gasteiger partial charge is 0.259 e. The fourth-order valence-corrected chi connectivity index (χ4v) is 3.85. The largest absolute Gasteiger partial charge is 0.298 e. The van der Waals surface area contributed by atoms with Crippen LogP contribution >= 0.6 is 0 Å². The molecule has 2 aliphatic rings. The Bertz CT molecular complexity index is 793. The van der Waals surface area contributed by atoms with Crippen LogP contribution in [0.5, 0.6) is 0 Å². The Hall–Kier alpha value is -2.14. The zero-order chi connectivity index (χ0) is 16.7. The number of aromatic nitrogens is 2. The van der Waals surface area contributed by atoms with E-state index in [0.29, 0.717) is 12.7 Å². The van der Waals surface area contributed by atoms with Gasteiger partial charge in [0, 0.05) is 23.0 Å². The van der Waals surface area contributed by atoms with Crippen LogP contribution in [0.1, 0.15) is 36.9 Å². The van der Waals surface area contributed by atoms with Gasteiger partial charge in [0.1, 0.15) is 0 Å². The first-order valence-corrected chi connectivity index (χ1v) is 8.80. The molecule has 0 unspecified atom stereocenters. The van der Waals surface area contributed by atoms with Crippen LogP contribution in [0.15, 0.2) is 35.1 Å². The zero-order valence-corrected chi connectivity index (χ0v) is 14.4. The Morgan fingerprint density at radius 1 is 1.04 bits per heavy atom. The maximum absolute atomic E-state index is 12.8. The standard InChI is InChI=1S/C19H24N4O/c1-14-15(2)20-19-22(17-10-4-3-5-11-17)12-21(13-23(19)18(14)24)16-8-6-7-9-16/h3-5,10-11,16H,6-9,12-13H2,1-2H3. The van der Waals surface area contributed by atoms with Gasteiger partial charge >= 0.3 is 0 Å². The molecule has 2 aromatic rings. The first-order valence-electron chi connectivity index (χ1n) is 8.80. The van der Waals surface area contributed by atoms with Crippen molar-refractivity contribution >= 4 is 11.6 Å². The van der Waals surface area contributed by atoms with E-state index in [-0.39, 0.29) is 5.56 Å². The van der Waals surface area contributed by atoms with Crippen LogP contribution in [0.25, 0.3) is 0 Å². The lowest BCUT2D eigenvalue weighted by atomic mass is 10.2. The van der Waals surface area contributed by atoms with Crippen molar-refractivity contribution in [3.8, 4) is 0 Å². The molecule has 1 aliphatic heterocycles. The number of anilines is 2. The monoisotopic (exact) mass is 324 g/mol. The van der Waals surface area contributed by atoms with Gasteiger partial charge in [-0.15, -0.1) is 0 Å². The highest BCUT2D eigenvalue weighted by molar-refractivity contribution is 5.58. The molecule has 0 bridgehead atoms. The summed E-state index contributed by atoms with van der Waals surface area (Å²) in [6, 6.07) is 10.8. The second-order valence-corrected chi connectivity index (χ2v) is 6.93. The van der Waals surface area contributed by atoms with Gasteiger partial charge in [0.2, 0.25) is 5.95 Å². The summed E-state index contributed by atoms with van der Waals surface area (Å²) in [7, 11) is 0. The molecule has 1 aliphatic carbocycles. The molecule has 5 nitrogen and oxygen atoms in total. The van der Waals surface area contributed by atoms with Crippen molar-refractivity contribution in [1.29, 1.82) is 0 Å². The Balaban J connectivity index is 1.83. The normalized spacial score (nSPS) is 18.8. The van der Waals surface area contributed by atoms with E-state index in [2.05, 4.69) is 21.9 Å². The lowest BCUT2D eigenvalue weighted by Gasteiger charge is -2.41. The molecule has 1 aromatic heterocycles. The first-order chi connectivity index (χ1) is 11.6. The second kappa shape index (κ2) is 6.06. The lowest BCUT2D eigenvalue weighted by molar-refractivity contribution is 0.138. The SMILES string of the molecule is Cc1nc2n(c(=O)c1C)CN(C1CCCC1)CN2c1ccccc1. The van der Waals surface area contributed by atoms with Gasteiger partial charge < -0.3 is 0 Å². The summed E-state index contributed by atoms with van der Waals surface area (Å²) in [5.41, 5.74) is 2.74. The third-order valence-corrected chi connectivity index (χ3v) is 5.41. The van der Waals surface area contributed by atoms with Crippen LogP contribution in [0.2, 0.25) is 0 Å². The molecule has 0 amide bonds. The van der Waals surface area contributed by atoms with Crippen LogP contribution < -0.4 is 10.5 Å². The molecule has 0 atom stereocenters. The molecule has 0 saturated heterocycles. The maximum Gasteiger partial charge on any atom is 0.259 e. The fourth-order valence-electron chi connectivity index (χ4n) is 3.85. The summed E-state index contributed by atoms with van der Waals surface area (Å²) < 4.78 is 1.84. The van der Waals surface area contributed by atoms with Crippen molar-refractivity contribution < 1.29 is 0 Å². The van der Waals surface area contributed by atoms with E-state index in [1.165, 1.54) is 25.7 Å². The number of rotatable bonds is 2. The molecule has 24 heavy (non-hydrogen) atoms. The van der Waals surface area contributed by atoms with E-state index < -0.39 is 0 Å². The maximum atomic E-state index is 12.8. The van der Waals surface area contributed by atoms with E-state index in [9.17, 15) is 4.79 Å². The summed E-state index contributed by atoms with van der Waals surface area (Å²) in [5, 5.41) is 0. The van der Waals surface area contributed by atoms with Crippen molar-refractivity contribution in [2.45, 2.75) is 52.2 Å². The minimum absolute atomic E-state index is 0.0844. The number of nitrogens with zero attached hydrogens (tertiary/aromatic N) is 4. The highest BCUT2D eigenvalue weighted by Gasteiger charge is 2.32. The summed E-state index contributed by atoms with van der Waals surface area (Å²) in [4.78, 5) is 22.2. The summed E-state index contributed by atoms with van der Waals surface area (Å²) >= 11 is 0. The van der Waals surface area contributed by atoms with Crippen molar-refractivity contribution in [3.63, 3.8) is 0 Å². The van der Waals surface area contributed by atoms with Crippen LogP contribution in [0.3, 0.4) is 0 Å². The van der Waals surface area contributed by atoms with Crippen LogP contribution in [-0.2, 0) is 6.67 Å². The molecule has 1 aromatic carbocycles. The van der Waals surface area contributed by atoms with E-state index in [0.717, 1.165) is 29.6 Å². The van der Waals surface area contributed by atoms with Gasteiger partial charge in [0.15, 0.2) is 0 Å². The van der Waals surface area contributed by atoms with Gasteiger partial charge in [-0.05, 0) is 38.8 Å². The van der Waals surface area contributed by atoms with Gasteiger partial charge in [-0.2, -0.15) is 0 Å². The highest BCUT2D eigenvalue weighted by atomic mass is 16.1. The Morgan fingerprint density at radius 2 is 1.75 bits per heavy atom. The van der Waals surface area contributed by atoms with E-state index in [1.807, 2.05) is 36.6 Å². The van der Waals surface area contributed by atoms with Gasteiger partial charge in [-0.25, -0.2) is 4.98 Å². The predicted molar refractivity (Wildman–Crippen MR) is 95.5 cm³/mol. The number of para-hydroxylation sites is 1. The number of aryl methyl sites for hydroxylation is 1. The number of hydrogen-bond donors (Lipinski definition) is 0. The number of fused-ring (bicyclic) bond motifs is 1. The Morgan fingerprint density at radius 3 is 2.46 bits per heavy atom. The predicted octanol–water partition coefficient (Wildman–Crippen LogP) is 3.17. The van der Waals surface area contributed by atoms with Crippen molar-refractivity contribution in [1.82, 2.24) is 14.5 Å². The van der Waals surface area contributed by atoms with Crippen LogP contribution in [0.4, 0.5) is 11.6 Å². The third kappa shape index (κ3) is 2.53.